The van der Waals surface area contributed by atoms with Crippen LogP contribution in [0.2, 0.25) is 0 Å². The van der Waals surface area contributed by atoms with E-state index in [1.54, 1.807) is 0 Å². The highest BCUT2D eigenvalue weighted by molar-refractivity contribution is 5.85. The van der Waals surface area contributed by atoms with Crippen LogP contribution in [0.15, 0.2) is 48.5 Å². The Bertz CT molecular complexity index is 1030. The second-order valence-electron chi connectivity index (χ2n) is 9.42. The number of halogens is 3. The lowest BCUT2D eigenvalue weighted by Gasteiger charge is -2.49. The van der Waals surface area contributed by atoms with Crippen molar-refractivity contribution in [1.29, 1.82) is 0 Å². The fourth-order valence-electron chi connectivity index (χ4n) is 5.48. The fraction of sp³-hybridized carbons (Fsp3) is 0.500. The molecule has 2 aliphatic rings. The molecule has 1 amide bonds. The molecule has 2 N–H and O–H groups in total. The van der Waals surface area contributed by atoms with Crippen LogP contribution < -0.4 is 10.5 Å². The largest absolute Gasteiger partial charge is 0.489 e. The van der Waals surface area contributed by atoms with Crippen LogP contribution in [-0.4, -0.2) is 48.8 Å². The number of carbonyl (C=O) groups excluding carboxylic acids is 1. The molecule has 8 heteroatoms. The van der Waals surface area contributed by atoms with Gasteiger partial charge in [-0.1, -0.05) is 42.8 Å². The van der Waals surface area contributed by atoms with Crippen LogP contribution >= 0.6 is 0 Å². The molecule has 2 unspecified atom stereocenters. The number of amides is 1. The zero-order valence-corrected chi connectivity index (χ0v) is 19.5. The van der Waals surface area contributed by atoms with Crippen molar-refractivity contribution in [3.05, 3.63) is 65.2 Å². The molecule has 34 heavy (non-hydrogen) atoms. The third kappa shape index (κ3) is 4.79. The summed E-state index contributed by atoms with van der Waals surface area (Å²) >= 11 is 0. The lowest BCUT2D eigenvalue weighted by atomic mass is 9.69. The minimum Gasteiger partial charge on any atom is -0.489 e. The van der Waals surface area contributed by atoms with Crippen LogP contribution in [0.1, 0.15) is 42.4 Å². The summed E-state index contributed by atoms with van der Waals surface area (Å²) in [7, 11) is 0. The summed E-state index contributed by atoms with van der Waals surface area (Å²) in [4.78, 5) is 15.1. The summed E-state index contributed by atoms with van der Waals surface area (Å²) in [6.45, 7) is 5.95. The van der Waals surface area contributed by atoms with E-state index < -0.39 is 17.3 Å². The number of nitrogens with two attached hydrogens (primary N) is 1. The van der Waals surface area contributed by atoms with E-state index >= 15 is 0 Å². The minimum atomic E-state index is -4.43. The van der Waals surface area contributed by atoms with E-state index in [0.717, 1.165) is 23.3 Å². The molecule has 0 aromatic heterocycles. The number of carbonyl (C=O) groups is 1. The van der Waals surface area contributed by atoms with Gasteiger partial charge in [0.1, 0.15) is 17.4 Å². The van der Waals surface area contributed by atoms with Crippen molar-refractivity contribution in [1.82, 2.24) is 4.90 Å². The highest BCUT2D eigenvalue weighted by Gasteiger charge is 2.54. The fourth-order valence-corrected chi connectivity index (χ4v) is 5.48. The second-order valence-corrected chi connectivity index (χ2v) is 9.42. The van der Waals surface area contributed by atoms with E-state index in [1.165, 1.54) is 12.1 Å². The van der Waals surface area contributed by atoms with Crippen LogP contribution in [0.3, 0.4) is 0 Å². The zero-order valence-electron chi connectivity index (χ0n) is 19.5. The van der Waals surface area contributed by atoms with Gasteiger partial charge in [0.2, 0.25) is 5.91 Å². The number of rotatable bonds is 6. The number of hydrogen-bond acceptors (Lipinski definition) is 4. The first-order valence-electron chi connectivity index (χ1n) is 11.6. The predicted octanol–water partition coefficient (Wildman–Crippen LogP) is 4.53. The van der Waals surface area contributed by atoms with Gasteiger partial charge in [-0.3, -0.25) is 9.69 Å². The number of hydrogen-bond donors (Lipinski definition) is 1. The highest BCUT2D eigenvalue weighted by Crippen LogP contribution is 2.43. The molecule has 4 atom stereocenters. The van der Waals surface area contributed by atoms with Gasteiger partial charge in [-0.25, -0.2) is 0 Å². The van der Waals surface area contributed by atoms with Crippen LogP contribution in [0.4, 0.5) is 13.2 Å². The lowest BCUT2D eigenvalue weighted by molar-refractivity contribution is -0.146. The smallest absolute Gasteiger partial charge is 0.416 e. The van der Waals surface area contributed by atoms with Gasteiger partial charge >= 0.3 is 6.18 Å². The van der Waals surface area contributed by atoms with Gasteiger partial charge in [-0.05, 0) is 49.4 Å². The molecule has 0 saturated carbocycles. The average Bonchev–Trinajstić information content (AvgIpc) is 3.26. The van der Waals surface area contributed by atoms with Gasteiger partial charge in [-0.2, -0.15) is 13.2 Å². The van der Waals surface area contributed by atoms with Crippen molar-refractivity contribution < 1.29 is 27.4 Å². The van der Waals surface area contributed by atoms with Gasteiger partial charge in [0.05, 0.1) is 12.2 Å². The van der Waals surface area contributed by atoms with E-state index in [4.69, 9.17) is 15.2 Å². The van der Waals surface area contributed by atoms with Gasteiger partial charge in [0, 0.05) is 25.6 Å². The van der Waals surface area contributed by atoms with Crippen molar-refractivity contribution >= 4 is 5.91 Å². The molecule has 2 saturated heterocycles. The minimum absolute atomic E-state index is 0.0242. The molecule has 2 aromatic rings. The van der Waals surface area contributed by atoms with Crippen molar-refractivity contribution in [3.8, 4) is 5.75 Å². The van der Waals surface area contributed by atoms with Crippen molar-refractivity contribution in [2.75, 3.05) is 26.3 Å². The van der Waals surface area contributed by atoms with Gasteiger partial charge in [0.25, 0.3) is 0 Å². The Hall–Kier alpha value is -2.58. The highest BCUT2D eigenvalue weighted by atomic mass is 19.4. The molecule has 0 bridgehead atoms. The van der Waals surface area contributed by atoms with Crippen LogP contribution in [0, 0.1) is 12.8 Å². The monoisotopic (exact) mass is 476 g/mol. The number of benzene rings is 2. The lowest BCUT2D eigenvalue weighted by Crippen LogP contribution is -2.65. The Balaban J connectivity index is 1.56. The standard InChI is InChI=1S/C26H31F3N2O3/c1-17-5-3-6-19(13-17)18(2)23-16-33-12-10-25(23,24(30)32)31-11-9-22(15-31)34-21-8-4-7-20(14-21)26(27,28)29/h3-8,13-14,18,22-23H,9-12,15-16H2,1-2H3,(H2,30,32)/t18-,22-,23?,25?/m1/s1. The molecule has 2 aromatic carbocycles. The van der Waals surface area contributed by atoms with E-state index in [0.29, 0.717) is 39.1 Å². The summed E-state index contributed by atoms with van der Waals surface area (Å²) in [5.74, 6) is -0.351. The van der Waals surface area contributed by atoms with Crippen molar-refractivity contribution in [2.45, 2.75) is 50.4 Å². The average molecular weight is 477 g/mol. The Morgan fingerprint density at radius 2 is 2.00 bits per heavy atom. The Morgan fingerprint density at radius 1 is 1.24 bits per heavy atom. The van der Waals surface area contributed by atoms with E-state index in [-0.39, 0.29) is 29.6 Å². The molecule has 184 valence electrons. The van der Waals surface area contributed by atoms with Crippen molar-refractivity contribution in [2.24, 2.45) is 11.7 Å². The molecule has 0 aliphatic carbocycles. The third-order valence-corrected chi connectivity index (χ3v) is 7.31. The first-order valence-corrected chi connectivity index (χ1v) is 11.6. The predicted molar refractivity (Wildman–Crippen MR) is 122 cm³/mol. The molecule has 2 heterocycles. The van der Waals surface area contributed by atoms with Gasteiger partial charge < -0.3 is 15.2 Å². The van der Waals surface area contributed by atoms with E-state index in [2.05, 4.69) is 24.0 Å². The molecular weight excluding hydrogens is 445 g/mol. The molecule has 0 radical (unpaired) electrons. The number of aryl methyl sites for hydroxylation is 1. The van der Waals surface area contributed by atoms with E-state index in [1.807, 2.05) is 19.1 Å². The third-order valence-electron chi connectivity index (χ3n) is 7.31. The molecule has 2 aliphatic heterocycles. The summed E-state index contributed by atoms with van der Waals surface area (Å²) in [5.41, 5.74) is 6.69. The van der Waals surface area contributed by atoms with Crippen LogP contribution in [0.25, 0.3) is 0 Å². The number of ether oxygens (including phenoxy) is 2. The number of likely N-dealkylation sites (tertiary alicyclic amines) is 1. The zero-order chi connectivity index (χ0) is 24.5. The molecule has 4 rings (SSSR count). The number of alkyl halides is 3. The summed E-state index contributed by atoms with van der Waals surface area (Å²) in [6.07, 6.45) is -3.70. The SMILES string of the molecule is Cc1cccc([C@@H](C)C2COCCC2(C(N)=O)N2CC[C@@H](Oc3cccc(C(F)(F)F)c3)C2)c1. The first-order chi connectivity index (χ1) is 16.1. The maximum absolute atomic E-state index is 13.1. The van der Waals surface area contributed by atoms with Crippen LogP contribution in [0.5, 0.6) is 5.75 Å². The normalized spacial score (nSPS) is 26.9. The van der Waals surface area contributed by atoms with E-state index in [9.17, 15) is 18.0 Å². The molecule has 2 fully saturated rings. The summed E-state index contributed by atoms with van der Waals surface area (Å²) < 4.78 is 51.0. The van der Waals surface area contributed by atoms with Gasteiger partial charge in [0.15, 0.2) is 0 Å². The maximum Gasteiger partial charge on any atom is 0.416 e. The van der Waals surface area contributed by atoms with Crippen LogP contribution in [-0.2, 0) is 15.7 Å². The Kier molecular flexibility index (Phi) is 6.92. The topological polar surface area (TPSA) is 64.8 Å². The number of primary amides is 1. The second kappa shape index (κ2) is 9.58. The molecule has 0 spiro atoms. The quantitative estimate of drug-likeness (QED) is 0.665. The Labute approximate surface area is 198 Å². The maximum atomic E-state index is 13.1. The molecular formula is C26H31F3N2O3. The number of nitrogens with zero attached hydrogens (tertiary/aromatic N) is 1. The Morgan fingerprint density at radius 3 is 2.71 bits per heavy atom. The van der Waals surface area contributed by atoms with Crippen molar-refractivity contribution in [3.63, 3.8) is 0 Å². The first kappa shape index (κ1) is 24.5. The summed E-state index contributed by atoms with van der Waals surface area (Å²) in [6, 6.07) is 13.1. The summed E-state index contributed by atoms with van der Waals surface area (Å²) in [5, 5.41) is 0. The van der Waals surface area contributed by atoms with Gasteiger partial charge in [-0.15, -0.1) is 0 Å². The molecule has 5 nitrogen and oxygen atoms in total.